The van der Waals surface area contributed by atoms with Gasteiger partial charge in [-0.2, -0.15) is 0 Å². The van der Waals surface area contributed by atoms with E-state index in [1.807, 2.05) is 31.2 Å². The molecule has 2 N–H and O–H groups in total. The average Bonchev–Trinajstić information content (AvgIpc) is 3.17. The van der Waals surface area contributed by atoms with Crippen molar-refractivity contribution >= 4 is 39.6 Å². The minimum absolute atomic E-state index is 0.128. The van der Waals surface area contributed by atoms with Crippen LogP contribution < -0.4 is 5.32 Å². The summed E-state index contributed by atoms with van der Waals surface area (Å²) >= 11 is 2.54. The second-order valence-corrected chi connectivity index (χ2v) is 6.78. The lowest BCUT2D eigenvalue weighted by Gasteiger charge is -2.05. The van der Waals surface area contributed by atoms with E-state index in [9.17, 15) is 14.7 Å². The topological polar surface area (TPSA) is 66.4 Å². The molecule has 1 amide bonds. The first-order valence-electron chi connectivity index (χ1n) is 6.83. The highest BCUT2D eigenvalue weighted by molar-refractivity contribution is 7.15. The van der Waals surface area contributed by atoms with Gasteiger partial charge < -0.3 is 10.4 Å². The Labute approximate surface area is 141 Å². The van der Waals surface area contributed by atoms with E-state index < -0.39 is 5.97 Å². The van der Waals surface area contributed by atoms with E-state index in [1.54, 1.807) is 22.9 Å². The average molecular weight is 343 g/mol. The Morgan fingerprint density at radius 2 is 1.83 bits per heavy atom. The van der Waals surface area contributed by atoms with Gasteiger partial charge in [0.2, 0.25) is 0 Å². The van der Waals surface area contributed by atoms with Gasteiger partial charge in [0.05, 0.1) is 4.88 Å². The number of nitrogens with one attached hydrogen (secondary N) is 1. The molecule has 0 saturated heterocycles. The molecule has 4 nitrogen and oxygen atoms in total. The maximum Gasteiger partial charge on any atom is 0.339 e. The summed E-state index contributed by atoms with van der Waals surface area (Å²) in [5.74, 6) is -1.34. The molecule has 0 unspecified atom stereocenters. The summed E-state index contributed by atoms with van der Waals surface area (Å²) in [6.07, 6.45) is 0. The minimum Gasteiger partial charge on any atom is -0.478 e. The summed E-state index contributed by atoms with van der Waals surface area (Å²) in [7, 11) is 0. The van der Waals surface area contributed by atoms with Gasteiger partial charge in [0.1, 0.15) is 10.6 Å². The van der Waals surface area contributed by atoms with Gasteiger partial charge in [0.15, 0.2) is 0 Å². The number of amides is 1. The lowest BCUT2D eigenvalue weighted by atomic mass is 10.0. The van der Waals surface area contributed by atoms with Crippen LogP contribution >= 0.6 is 22.7 Å². The third kappa shape index (κ3) is 3.18. The monoisotopic (exact) mass is 343 g/mol. The van der Waals surface area contributed by atoms with E-state index >= 15 is 0 Å². The number of aromatic carboxylic acids is 1. The van der Waals surface area contributed by atoms with E-state index in [4.69, 9.17) is 0 Å². The predicted octanol–water partition coefficient (Wildman–Crippen LogP) is 4.74. The van der Waals surface area contributed by atoms with Crippen molar-refractivity contribution in [3.63, 3.8) is 0 Å². The maximum atomic E-state index is 12.2. The van der Waals surface area contributed by atoms with Crippen molar-refractivity contribution in [2.75, 3.05) is 5.32 Å². The molecule has 6 heteroatoms. The quantitative estimate of drug-likeness (QED) is 0.719. The number of hydrogen-bond acceptors (Lipinski definition) is 4. The fourth-order valence-electron chi connectivity index (χ4n) is 2.18. The molecule has 1 aromatic carbocycles. The number of anilines is 1. The lowest BCUT2D eigenvalue weighted by molar-refractivity contribution is 0.0699. The van der Waals surface area contributed by atoms with E-state index in [0.717, 1.165) is 11.1 Å². The van der Waals surface area contributed by atoms with Gasteiger partial charge in [-0.05, 0) is 23.9 Å². The number of aryl methyl sites for hydroxylation is 1. The van der Waals surface area contributed by atoms with Crippen molar-refractivity contribution in [3.05, 3.63) is 63.2 Å². The largest absolute Gasteiger partial charge is 0.478 e. The molecule has 23 heavy (non-hydrogen) atoms. The first-order chi connectivity index (χ1) is 11.1. The molecular weight excluding hydrogens is 330 g/mol. The molecule has 0 fully saturated rings. The number of thiophene rings is 2. The summed E-state index contributed by atoms with van der Waals surface area (Å²) in [6.45, 7) is 1.97. The van der Waals surface area contributed by atoms with Gasteiger partial charge >= 0.3 is 5.97 Å². The van der Waals surface area contributed by atoms with Gasteiger partial charge in [-0.25, -0.2) is 4.79 Å². The minimum atomic E-state index is -1.05. The molecule has 0 saturated carbocycles. The highest BCUT2D eigenvalue weighted by atomic mass is 32.1. The highest BCUT2D eigenvalue weighted by Crippen LogP contribution is 2.36. The molecule has 3 rings (SSSR count). The Hall–Kier alpha value is -2.44. The molecule has 0 aliphatic heterocycles. The van der Waals surface area contributed by atoms with Crippen LogP contribution in [0.2, 0.25) is 0 Å². The number of carbonyl (C=O) groups is 2. The van der Waals surface area contributed by atoms with E-state index in [2.05, 4.69) is 5.32 Å². The highest BCUT2D eigenvalue weighted by Gasteiger charge is 2.21. The van der Waals surface area contributed by atoms with Crippen LogP contribution in [0.4, 0.5) is 5.00 Å². The number of carboxylic acid groups (broad SMARTS) is 1. The fourth-order valence-corrected chi connectivity index (χ4v) is 3.76. The van der Waals surface area contributed by atoms with Crippen LogP contribution in [-0.2, 0) is 0 Å². The SMILES string of the molecule is Cc1ccc(-c2csc(NC(=O)c3cccs3)c2C(=O)O)cc1. The maximum absolute atomic E-state index is 12.2. The van der Waals surface area contributed by atoms with Crippen molar-refractivity contribution in [1.82, 2.24) is 0 Å². The number of hydrogen-bond donors (Lipinski definition) is 2. The van der Waals surface area contributed by atoms with Crippen molar-refractivity contribution in [1.29, 1.82) is 0 Å². The van der Waals surface area contributed by atoms with Gasteiger partial charge in [-0.15, -0.1) is 22.7 Å². The van der Waals surface area contributed by atoms with Gasteiger partial charge in [-0.3, -0.25) is 4.79 Å². The Kier molecular flexibility index (Phi) is 4.27. The predicted molar refractivity (Wildman–Crippen MR) is 93.7 cm³/mol. The zero-order valence-corrected chi connectivity index (χ0v) is 13.8. The number of carbonyl (C=O) groups excluding carboxylic acids is 1. The summed E-state index contributed by atoms with van der Waals surface area (Å²) in [6, 6.07) is 11.1. The summed E-state index contributed by atoms with van der Waals surface area (Å²) in [5.41, 5.74) is 2.67. The summed E-state index contributed by atoms with van der Waals surface area (Å²) < 4.78 is 0. The standard InChI is InChI=1S/C17H13NO3S2/c1-10-4-6-11(7-5-10)12-9-23-16(14(12)17(20)21)18-15(19)13-3-2-8-22-13/h2-9H,1H3,(H,18,19)(H,20,21). The van der Waals surface area contributed by atoms with Gasteiger partial charge in [0, 0.05) is 10.9 Å². The molecule has 116 valence electrons. The summed E-state index contributed by atoms with van der Waals surface area (Å²) in [4.78, 5) is 24.4. The van der Waals surface area contributed by atoms with Crippen LogP contribution in [0.3, 0.4) is 0 Å². The van der Waals surface area contributed by atoms with Crippen LogP contribution in [-0.4, -0.2) is 17.0 Å². The molecule has 0 spiro atoms. The number of rotatable bonds is 4. The van der Waals surface area contributed by atoms with E-state index in [-0.39, 0.29) is 11.5 Å². The first-order valence-corrected chi connectivity index (χ1v) is 8.59. The van der Waals surface area contributed by atoms with Gasteiger partial charge in [-0.1, -0.05) is 35.9 Å². The Bertz CT molecular complexity index is 849. The molecule has 2 aromatic heterocycles. The Morgan fingerprint density at radius 1 is 1.09 bits per heavy atom. The normalized spacial score (nSPS) is 10.5. The fraction of sp³-hybridized carbons (Fsp3) is 0.0588. The van der Waals surface area contributed by atoms with Crippen LogP contribution in [0.1, 0.15) is 25.6 Å². The van der Waals surface area contributed by atoms with E-state index in [0.29, 0.717) is 15.4 Å². The lowest BCUT2D eigenvalue weighted by Crippen LogP contribution is -2.12. The summed E-state index contributed by atoms with van der Waals surface area (Å²) in [5, 5.41) is 16.2. The number of carboxylic acids is 1. The molecule has 0 aliphatic carbocycles. The molecule has 3 aromatic rings. The number of benzene rings is 1. The third-order valence-corrected chi connectivity index (χ3v) is 5.10. The molecular formula is C17H13NO3S2. The van der Waals surface area contributed by atoms with Crippen molar-refractivity contribution < 1.29 is 14.7 Å². The smallest absolute Gasteiger partial charge is 0.339 e. The Balaban J connectivity index is 1.97. The molecule has 0 atom stereocenters. The van der Waals surface area contributed by atoms with Crippen molar-refractivity contribution in [2.24, 2.45) is 0 Å². The Morgan fingerprint density at radius 3 is 2.43 bits per heavy atom. The molecule has 0 bridgehead atoms. The van der Waals surface area contributed by atoms with E-state index in [1.165, 1.54) is 22.7 Å². The zero-order valence-electron chi connectivity index (χ0n) is 12.2. The molecule has 2 heterocycles. The second-order valence-electron chi connectivity index (χ2n) is 4.96. The third-order valence-electron chi connectivity index (χ3n) is 3.34. The molecule has 0 aliphatic rings. The zero-order chi connectivity index (χ0) is 16.4. The van der Waals surface area contributed by atoms with Crippen LogP contribution in [0.25, 0.3) is 11.1 Å². The van der Waals surface area contributed by atoms with Crippen LogP contribution in [0, 0.1) is 6.92 Å². The van der Waals surface area contributed by atoms with Crippen LogP contribution in [0.15, 0.2) is 47.2 Å². The van der Waals surface area contributed by atoms with Crippen molar-refractivity contribution in [3.8, 4) is 11.1 Å². The second kappa shape index (κ2) is 6.36. The van der Waals surface area contributed by atoms with Crippen LogP contribution in [0.5, 0.6) is 0 Å². The first kappa shape index (κ1) is 15.5. The molecule has 0 radical (unpaired) electrons. The van der Waals surface area contributed by atoms with Crippen molar-refractivity contribution in [2.45, 2.75) is 6.92 Å². The van der Waals surface area contributed by atoms with Gasteiger partial charge in [0.25, 0.3) is 5.91 Å².